The van der Waals surface area contributed by atoms with Crippen LogP contribution in [0, 0.1) is 11.3 Å². The van der Waals surface area contributed by atoms with E-state index in [2.05, 4.69) is 17.6 Å². The fourth-order valence-corrected chi connectivity index (χ4v) is 0.908. The van der Waals surface area contributed by atoms with E-state index in [-0.39, 0.29) is 24.0 Å². The van der Waals surface area contributed by atoms with Gasteiger partial charge in [0, 0.05) is 12.1 Å². The first-order chi connectivity index (χ1) is 5.36. The Balaban J connectivity index is 0.00000121. The predicted octanol–water partition coefficient (Wildman–Crippen LogP) is -1.94. The van der Waals surface area contributed by atoms with E-state index in [4.69, 9.17) is 5.26 Å². The molecular formula is C9H11IN2. The minimum atomic E-state index is 0. The second kappa shape index (κ2) is 5.95. The van der Waals surface area contributed by atoms with E-state index in [0.29, 0.717) is 6.42 Å². The van der Waals surface area contributed by atoms with Crippen LogP contribution in [0.2, 0.25) is 0 Å². The molecule has 1 rings (SSSR count). The molecule has 0 spiro atoms. The number of hydrogen-bond donors (Lipinski definition) is 0. The van der Waals surface area contributed by atoms with Gasteiger partial charge in [0.15, 0.2) is 12.4 Å². The first kappa shape index (κ1) is 11.4. The average Bonchev–Trinajstić information content (AvgIpc) is 2.07. The Morgan fingerprint density at radius 3 is 2.42 bits per heavy atom. The lowest BCUT2D eigenvalue weighted by molar-refractivity contribution is -0.693. The van der Waals surface area contributed by atoms with Crippen molar-refractivity contribution in [2.45, 2.75) is 19.9 Å². The van der Waals surface area contributed by atoms with E-state index in [0.717, 1.165) is 12.1 Å². The van der Waals surface area contributed by atoms with Gasteiger partial charge in [-0.1, -0.05) is 0 Å². The molecule has 0 aliphatic heterocycles. The molecule has 0 unspecified atom stereocenters. The van der Waals surface area contributed by atoms with Crippen molar-refractivity contribution in [1.82, 2.24) is 0 Å². The summed E-state index contributed by atoms with van der Waals surface area (Å²) in [5, 5.41) is 8.39. The van der Waals surface area contributed by atoms with Crippen LogP contribution in [0.4, 0.5) is 0 Å². The number of halogens is 1. The molecule has 12 heavy (non-hydrogen) atoms. The highest BCUT2D eigenvalue weighted by atomic mass is 127. The van der Waals surface area contributed by atoms with Gasteiger partial charge in [-0.05, 0) is 12.5 Å². The van der Waals surface area contributed by atoms with Crippen molar-refractivity contribution in [1.29, 1.82) is 5.26 Å². The van der Waals surface area contributed by atoms with Crippen molar-refractivity contribution >= 4 is 0 Å². The molecule has 0 amide bonds. The van der Waals surface area contributed by atoms with Crippen LogP contribution in [-0.2, 0) is 13.0 Å². The molecule has 0 aliphatic carbocycles. The summed E-state index contributed by atoms with van der Waals surface area (Å²) in [5.74, 6) is 0. The number of nitriles is 1. The summed E-state index contributed by atoms with van der Waals surface area (Å²) in [7, 11) is 0. The second-order valence-electron chi connectivity index (χ2n) is 2.37. The molecular weight excluding hydrogens is 263 g/mol. The van der Waals surface area contributed by atoms with Gasteiger partial charge in [-0.3, -0.25) is 0 Å². The largest absolute Gasteiger partial charge is 1.00 e. The van der Waals surface area contributed by atoms with Crippen LogP contribution in [0.1, 0.15) is 12.5 Å². The SMILES string of the molecule is CC[n+]1ccc(CC#N)cc1.[I-]. The average molecular weight is 274 g/mol. The first-order valence-electron chi connectivity index (χ1n) is 3.71. The Labute approximate surface area is 89.9 Å². The number of rotatable bonds is 2. The van der Waals surface area contributed by atoms with Crippen LogP contribution in [0.5, 0.6) is 0 Å². The third-order valence-electron chi connectivity index (χ3n) is 1.61. The molecule has 0 radical (unpaired) electrons. The molecule has 0 saturated heterocycles. The van der Waals surface area contributed by atoms with E-state index in [1.807, 2.05) is 24.5 Å². The Bertz CT molecular complexity index is 261. The van der Waals surface area contributed by atoms with Gasteiger partial charge in [0.1, 0.15) is 6.54 Å². The third-order valence-corrected chi connectivity index (χ3v) is 1.61. The first-order valence-corrected chi connectivity index (χ1v) is 3.71. The molecule has 0 aromatic carbocycles. The molecule has 0 atom stereocenters. The summed E-state index contributed by atoms with van der Waals surface area (Å²) < 4.78 is 2.07. The molecule has 1 aromatic rings. The van der Waals surface area contributed by atoms with E-state index >= 15 is 0 Å². The van der Waals surface area contributed by atoms with Crippen LogP contribution >= 0.6 is 0 Å². The topological polar surface area (TPSA) is 27.7 Å². The lowest BCUT2D eigenvalue weighted by atomic mass is 10.2. The monoisotopic (exact) mass is 274 g/mol. The molecule has 0 fully saturated rings. The molecule has 0 bridgehead atoms. The lowest BCUT2D eigenvalue weighted by Gasteiger charge is -1.92. The van der Waals surface area contributed by atoms with Crippen LogP contribution in [0.3, 0.4) is 0 Å². The quantitative estimate of drug-likeness (QED) is 0.456. The highest BCUT2D eigenvalue weighted by Crippen LogP contribution is 1.94. The molecule has 1 aromatic heterocycles. The maximum atomic E-state index is 8.39. The van der Waals surface area contributed by atoms with E-state index in [9.17, 15) is 0 Å². The van der Waals surface area contributed by atoms with Crippen molar-refractivity contribution in [3.8, 4) is 6.07 Å². The second-order valence-corrected chi connectivity index (χ2v) is 2.37. The van der Waals surface area contributed by atoms with Crippen molar-refractivity contribution < 1.29 is 28.5 Å². The molecule has 0 aliphatic rings. The minimum absolute atomic E-state index is 0. The number of aromatic nitrogens is 1. The molecule has 1 heterocycles. The zero-order valence-electron chi connectivity index (χ0n) is 7.00. The maximum Gasteiger partial charge on any atom is 0.169 e. The summed E-state index contributed by atoms with van der Waals surface area (Å²) in [5.41, 5.74) is 1.08. The standard InChI is InChI=1S/C9H11N2.HI/c1-2-11-7-4-9(3-6-10)5-8-11;/h4-5,7-8H,2-3H2,1H3;1H/q+1;/p-1. The summed E-state index contributed by atoms with van der Waals surface area (Å²) in [6.07, 6.45) is 4.49. The summed E-state index contributed by atoms with van der Waals surface area (Å²) >= 11 is 0. The van der Waals surface area contributed by atoms with Crippen molar-refractivity contribution in [3.05, 3.63) is 30.1 Å². The normalized spacial score (nSPS) is 8.33. The smallest absolute Gasteiger partial charge is 0.169 e. The highest BCUT2D eigenvalue weighted by Gasteiger charge is 1.95. The maximum absolute atomic E-state index is 8.39. The van der Waals surface area contributed by atoms with Crippen molar-refractivity contribution in [3.63, 3.8) is 0 Å². The fraction of sp³-hybridized carbons (Fsp3) is 0.333. The molecule has 2 nitrogen and oxygen atoms in total. The fourth-order valence-electron chi connectivity index (χ4n) is 0.908. The number of nitrogens with zero attached hydrogens (tertiary/aromatic N) is 2. The van der Waals surface area contributed by atoms with Crippen LogP contribution in [0.25, 0.3) is 0 Å². The van der Waals surface area contributed by atoms with E-state index in [1.165, 1.54) is 0 Å². The van der Waals surface area contributed by atoms with Gasteiger partial charge in [-0.25, -0.2) is 4.57 Å². The third kappa shape index (κ3) is 3.18. The molecule has 0 saturated carbocycles. The van der Waals surface area contributed by atoms with Gasteiger partial charge in [0.2, 0.25) is 0 Å². The minimum Gasteiger partial charge on any atom is -1.00 e. The van der Waals surface area contributed by atoms with Gasteiger partial charge in [0.05, 0.1) is 12.5 Å². The van der Waals surface area contributed by atoms with Crippen LogP contribution < -0.4 is 28.5 Å². The Hall–Kier alpha value is -0.630. The summed E-state index contributed by atoms with van der Waals surface area (Å²) in [4.78, 5) is 0. The molecule has 0 N–H and O–H groups in total. The molecule has 64 valence electrons. The number of aryl methyl sites for hydroxylation is 1. The number of pyridine rings is 1. The Morgan fingerprint density at radius 1 is 1.42 bits per heavy atom. The van der Waals surface area contributed by atoms with Crippen LogP contribution in [0.15, 0.2) is 24.5 Å². The zero-order valence-corrected chi connectivity index (χ0v) is 9.15. The Morgan fingerprint density at radius 2 is 2.00 bits per heavy atom. The summed E-state index contributed by atoms with van der Waals surface area (Å²) in [6, 6.07) is 6.07. The van der Waals surface area contributed by atoms with E-state index in [1.54, 1.807) is 0 Å². The van der Waals surface area contributed by atoms with Crippen LogP contribution in [-0.4, -0.2) is 0 Å². The van der Waals surface area contributed by atoms with Gasteiger partial charge in [-0.15, -0.1) is 0 Å². The van der Waals surface area contributed by atoms with E-state index < -0.39 is 0 Å². The number of hydrogen-bond acceptors (Lipinski definition) is 1. The van der Waals surface area contributed by atoms with Gasteiger partial charge in [-0.2, -0.15) is 5.26 Å². The van der Waals surface area contributed by atoms with Crippen molar-refractivity contribution in [2.75, 3.05) is 0 Å². The highest BCUT2D eigenvalue weighted by molar-refractivity contribution is 5.11. The summed E-state index contributed by atoms with van der Waals surface area (Å²) in [6.45, 7) is 3.07. The van der Waals surface area contributed by atoms with Gasteiger partial charge >= 0.3 is 0 Å². The van der Waals surface area contributed by atoms with Gasteiger partial charge < -0.3 is 24.0 Å². The Kier molecular flexibility index (Phi) is 5.64. The van der Waals surface area contributed by atoms with Crippen molar-refractivity contribution in [2.24, 2.45) is 0 Å². The lowest BCUT2D eigenvalue weighted by Crippen LogP contribution is -3.00. The predicted molar refractivity (Wildman–Crippen MR) is 41.6 cm³/mol. The molecule has 3 heteroatoms. The zero-order chi connectivity index (χ0) is 8.10. The van der Waals surface area contributed by atoms with Gasteiger partial charge in [0.25, 0.3) is 0 Å².